The van der Waals surface area contributed by atoms with Crippen LogP contribution in [0, 0.1) is 0 Å². The van der Waals surface area contributed by atoms with Crippen LogP contribution in [-0.4, -0.2) is 6.29 Å². The number of hydrogen-bond acceptors (Lipinski definition) is 1. The van der Waals surface area contributed by atoms with Gasteiger partial charge in [-0.1, -0.05) is 108 Å². The van der Waals surface area contributed by atoms with Crippen LogP contribution in [-0.2, 0) is 10.8 Å². The zero-order valence-corrected chi connectivity index (χ0v) is 17.8. The van der Waals surface area contributed by atoms with Crippen LogP contribution in [0.4, 0.5) is 0 Å². The van der Waals surface area contributed by atoms with Crippen molar-refractivity contribution in [3.8, 4) is 22.3 Å². The second kappa shape index (κ2) is 7.39. The van der Waals surface area contributed by atoms with Crippen molar-refractivity contribution in [3.05, 3.63) is 83.4 Å². The first-order valence-electron chi connectivity index (χ1n) is 9.91. The minimum absolute atomic E-state index is 0.114. The summed E-state index contributed by atoms with van der Waals surface area (Å²) in [5.41, 5.74) is 7.66. The smallest absolute Gasteiger partial charge is 0.151 e. The molecule has 0 N–H and O–H groups in total. The minimum Gasteiger partial charge on any atom is -0.298 e. The van der Waals surface area contributed by atoms with Gasteiger partial charge in [0.05, 0.1) is 0 Å². The molecule has 0 heterocycles. The first-order valence-corrected chi connectivity index (χ1v) is 9.91. The van der Waals surface area contributed by atoms with E-state index in [9.17, 15) is 4.79 Å². The Hall–Kier alpha value is -2.67. The standard InChI is InChI=1S/C27H30O/c1-26(2,3)21-14-10-19(11-15-21)23-8-7-9-24(25(23)18-28)20-12-16-22(17-13-20)27(4,5)6/h7-18H,1-6H3. The van der Waals surface area contributed by atoms with E-state index in [-0.39, 0.29) is 10.8 Å². The molecule has 0 aliphatic carbocycles. The summed E-state index contributed by atoms with van der Waals surface area (Å²) in [7, 11) is 0. The molecule has 28 heavy (non-hydrogen) atoms. The Kier molecular flexibility index (Phi) is 5.30. The zero-order valence-electron chi connectivity index (χ0n) is 17.8. The predicted octanol–water partition coefficient (Wildman–Crippen LogP) is 7.43. The number of benzene rings is 3. The van der Waals surface area contributed by atoms with E-state index < -0.39 is 0 Å². The third-order valence-electron chi connectivity index (χ3n) is 5.35. The number of carbonyl (C=O) groups is 1. The maximum atomic E-state index is 12.0. The molecule has 144 valence electrons. The van der Waals surface area contributed by atoms with Gasteiger partial charge < -0.3 is 0 Å². The molecule has 0 amide bonds. The SMILES string of the molecule is CC(C)(C)c1ccc(-c2cccc(-c3ccc(C(C)(C)C)cc3)c2C=O)cc1. The maximum absolute atomic E-state index is 12.0. The normalized spacial score (nSPS) is 12.1. The fraction of sp³-hybridized carbons (Fsp3) is 0.296. The Labute approximate surface area is 169 Å². The van der Waals surface area contributed by atoms with E-state index in [4.69, 9.17) is 0 Å². The quantitative estimate of drug-likeness (QED) is 0.438. The maximum Gasteiger partial charge on any atom is 0.151 e. The fourth-order valence-electron chi connectivity index (χ4n) is 3.50. The summed E-state index contributed by atoms with van der Waals surface area (Å²) >= 11 is 0. The highest BCUT2D eigenvalue weighted by molar-refractivity contribution is 5.96. The Morgan fingerprint density at radius 2 is 0.929 bits per heavy atom. The molecule has 0 aliphatic rings. The summed E-state index contributed by atoms with van der Waals surface area (Å²) in [5.74, 6) is 0. The van der Waals surface area contributed by atoms with Gasteiger partial charge in [-0.2, -0.15) is 0 Å². The number of hydrogen-bond donors (Lipinski definition) is 0. The summed E-state index contributed by atoms with van der Waals surface area (Å²) in [6, 6.07) is 23.2. The van der Waals surface area contributed by atoms with Crippen molar-refractivity contribution in [1.82, 2.24) is 0 Å². The van der Waals surface area contributed by atoms with Crippen molar-refractivity contribution < 1.29 is 4.79 Å². The summed E-state index contributed by atoms with van der Waals surface area (Å²) in [4.78, 5) is 12.0. The van der Waals surface area contributed by atoms with Gasteiger partial charge in [-0.25, -0.2) is 0 Å². The van der Waals surface area contributed by atoms with Crippen LogP contribution in [0.1, 0.15) is 63.0 Å². The fourth-order valence-corrected chi connectivity index (χ4v) is 3.50. The lowest BCUT2D eigenvalue weighted by Crippen LogP contribution is -2.10. The Morgan fingerprint density at radius 1 is 0.571 bits per heavy atom. The third-order valence-corrected chi connectivity index (χ3v) is 5.35. The van der Waals surface area contributed by atoms with Crippen molar-refractivity contribution in [2.45, 2.75) is 52.4 Å². The minimum atomic E-state index is 0.114. The average Bonchev–Trinajstić information content (AvgIpc) is 2.66. The van der Waals surface area contributed by atoms with Crippen LogP contribution in [0.2, 0.25) is 0 Å². The first-order chi connectivity index (χ1) is 13.1. The molecule has 0 aliphatic heterocycles. The molecule has 0 saturated heterocycles. The van der Waals surface area contributed by atoms with Crippen molar-refractivity contribution in [1.29, 1.82) is 0 Å². The summed E-state index contributed by atoms with van der Waals surface area (Å²) in [6.45, 7) is 13.3. The third kappa shape index (κ3) is 4.09. The summed E-state index contributed by atoms with van der Waals surface area (Å²) in [6.07, 6.45) is 0.986. The number of rotatable bonds is 3. The molecular formula is C27H30O. The molecule has 1 nitrogen and oxygen atoms in total. The van der Waals surface area contributed by atoms with Gasteiger partial charge in [0.1, 0.15) is 0 Å². The van der Waals surface area contributed by atoms with Gasteiger partial charge in [-0.15, -0.1) is 0 Å². The second-order valence-electron chi connectivity index (χ2n) is 9.54. The van der Waals surface area contributed by atoms with Crippen LogP contribution in [0.3, 0.4) is 0 Å². The van der Waals surface area contributed by atoms with E-state index in [1.54, 1.807) is 0 Å². The van der Waals surface area contributed by atoms with Crippen LogP contribution >= 0.6 is 0 Å². The van der Waals surface area contributed by atoms with Crippen molar-refractivity contribution in [2.24, 2.45) is 0 Å². The highest BCUT2D eigenvalue weighted by Crippen LogP contribution is 2.34. The van der Waals surface area contributed by atoms with E-state index in [0.29, 0.717) is 0 Å². The largest absolute Gasteiger partial charge is 0.298 e. The molecule has 3 aromatic rings. The van der Waals surface area contributed by atoms with Gasteiger partial charge in [0.25, 0.3) is 0 Å². The molecule has 0 radical (unpaired) electrons. The second-order valence-corrected chi connectivity index (χ2v) is 9.54. The van der Waals surface area contributed by atoms with Crippen LogP contribution in [0.5, 0.6) is 0 Å². The summed E-state index contributed by atoms with van der Waals surface area (Å²) < 4.78 is 0. The average molecular weight is 371 g/mol. The molecule has 0 saturated carbocycles. The van der Waals surface area contributed by atoms with Crippen LogP contribution < -0.4 is 0 Å². The van der Waals surface area contributed by atoms with Crippen LogP contribution in [0.15, 0.2) is 66.7 Å². The highest BCUT2D eigenvalue weighted by Gasteiger charge is 2.16. The van der Waals surface area contributed by atoms with Gasteiger partial charge in [-0.05, 0) is 44.2 Å². The van der Waals surface area contributed by atoms with Gasteiger partial charge in [0.15, 0.2) is 6.29 Å². The monoisotopic (exact) mass is 370 g/mol. The molecule has 3 aromatic carbocycles. The molecule has 0 spiro atoms. The lowest BCUT2D eigenvalue weighted by molar-refractivity contribution is 0.112. The summed E-state index contributed by atoms with van der Waals surface area (Å²) in [5, 5.41) is 0. The van der Waals surface area contributed by atoms with Crippen LogP contribution in [0.25, 0.3) is 22.3 Å². The Bertz CT molecular complexity index is 887. The molecule has 1 heteroatoms. The molecule has 3 rings (SSSR count). The zero-order chi connectivity index (χ0) is 20.5. The number of aldehydes is 1. The van der Waals surface area contributed by atoms with E-state index in [2.05, 4.69) is 90.1 Å². The Balaban J connectivity index is 2.05. The van der Waals surface area contributed by atoms with Crippen molar-refractivity contribution >= 4 is 6.29 Å². The van der Waals surface area contributed by atoms with E-state index in [0.717, 1.165) is 34.1 Å². The van der Waals surface area contributed by atoms with E-state index in [1.165, 1.54) is 11.1 Å². The molecular weight excluding hydrogens is 340 g/mol. The number of carbonyl (C=O) groups excluding carboxylic acids is 1. The molecule has 0 unspecified atom stereocenters. The highest BCUT2D eigenvalue weighted by atomic mass is 16.1. The van der Waals surface area contributed by atoms with Gasteiger partial charge >= 0.3 is 0 Å². The lowest BCUT2D eigenvalue weighted by Gasteiger charge is -2.20. The Morgan fingerprint density at radius 3 is 1.21 bits per heavy atom. The topological polar surface area (TPSA) is 17.1 Å². The van der Waals surface area contributed by atoms with E-state index in [1.807, 2.05) is 18.2 Å². The van der Waals surface area contributed by atoms with Gasteiger partial charge in [-0.3, -0.25) is 4.79 Å². The lowest BCUT2D eigenvalue weighted by atomic mass is 9.84. The molecule has 0 bridgehead atoms. The molecule has 0 aromatic heterocycles. The van der Waals surface area contributed by atoms with E-state index >= 15 is 0 Å². The van der Waals surface area contributed by atoms with Gasteiger partial charge in [0, 0.05) is 5.56 Å². The first kappa shape index (κ1) is 20.1. The molecule has 0 atom stereocenters. The van der Waals surface area contributed by atoms with Crippen molar-refractivity contribution in [3.63, 3.8) is 0 Å². The predicted molar refractivity (Wildman–Crippen MR) is 120 cm³/mol. The van der Waals surface area contributed by atoms with Gasteiger partial charge in [0.2, 0.25) is 0 Å². The molecule has 0 fully saturated rings. The van der Waals surface area contributed by atoms with Crippen molar-refractivity contribution in [2.75, 3.05) is 0 Å².